The van der Waals surface area contributed by atoms with Crippen LogP contribution in [0.2, 0.25) is 0 Å². The lowest BCUT2D eigenvalue weighted by Gasteiger charge is -2.10. The third kappa shape index (κ3) is 5.64. The Morgan fingerprint density at radius 2 is 1.57 bits per heavy atom. The minimum absolute atomic E-state index is 0.0584. The van der Waals surface area contributed by atoms with Crippen LogP contribution in [0.3, 0.4) is 0 Å². The molecule has 7 nitrogen and oxygen atoms in total. The molecule has 1 aromatic heterocycles. The molecule has 0 saturated carbocycles. The lowest BCUT2D eigenvalue weighted by Crippen LogP contribution is -2.28. The van der Waals surface area contributed by atoms with Gasteiger partial charge in [-0.2, -0.15) is 5.10 Å². The number of nitrogens with zero attached hydrogens (tertiary/aromatic N) is 2. The molecule has 2 N–H and O–H groups in total. The Kier molecular flexibility index (Phi) is 6.41. The van der Waals surface area contributed by atoms with Crippen molar-refractivity contribution in [3.8, 4) is 0 Å². The molecule has 0 fully saturated rings. The highest BCUT2D eigenvalue weighted by Gasteiger charge is 2.11. The number of amides is 2. The summed E-state index contributed by atoms with van der Waals surface area (Å²) in [5, 5.41) is 9.70. The van der Waals surface area contributed by atoms with E-state index in [9.17, 15) is 14.4 Å². The van der Waals surface area contributed by atoms with E-state index in [2.05, 4.69) is 15.7 Å². The highest BCUT2D eigenvalue weighted by Crippen LogP contribution is 2.14. The summed E-state index contributed by atoms with van der Waals surface area (Å²) in [5.74, 6) is -0.655. The number of hydrogen-bond donors (Lipinski definition) is 2. The van der Waals surface area contributed by atoms with Crippen LogP contribution < -0.4 is 16.2 Å². The van der Waals surface area contributed by atoms with Gasteiger partial charge < -0.3 is 10.6 Å². The maximum absolute atomic E-state index is 12.5. The summed E-state index contributed by atoms with van der Waals surface area (Å²) in [5.41, 5.74) is 4.20. The van der Waals surface area contributed by atoms with Gasteiger partial charge >= 0.3 is 0 Å². The first-order valence-electron chi connectivity index (χ1n) is 9.64. The monoisotopic (exact) mass is 404 g/mol. The number of carbonyl (C=O) groups excluding carboxylic acids is 2. The van der Waals surface area contributed by atoms with Crippen molar-refractivity contribution in [1.29, 1.82) is 0 Å². The van der Waals surface area contributed by atoms with Crippen molar-refractivity contribution < 1.29 is 9.59 Å². The predicted octanol–water partition coefficient (Wildman–Crippen LogP) is 3.45. The molecule has 0 bridgehead atoms. The molecule has 3 rings (SSSR count). The molecule has 154 valence electrons. The molecule has 0 atom stereocenters. The predicted molar refractivity (Wildman–Crippen MR) is 117 cm³/mol. The molecule has 0 aliphatic heterocycles. The zero-order valence-corrected chi connectivity index (χ0v) is 17.2. The van der Waals surface area contributed by atoms with Gasteiger partial charge in [-0.1, -0.05) is 18.2 Å². The maximum atomic E-state index is 12.5. The highest BCUT2D eigenvalue weighted by molar-refractivity contribution is 6.02. The van der Waals surface area contributed by atoms with E-state index in [1.54, 1.807) is 6.07 Å². The zero-order chi connectivity index (χ0) is 21.7. The molecule has 2 aromatic carbocycles. The molecule has 0 aliphatic carbocycles. The van der Waals surface area contributed by atoms with Crippen LogP contribution in [0.15, 0.2) is 59.4 Å². The largest absolute Gasteiger partial charge is 0.326 e. The number of benzene rings is 2. The second-order valence-electron chi connectivity index (χ2n) is 7.28. The fraction of sp³-hybridized carbons (Fsp3) is 0.217. The van der Waals surface area contributed by atoms with E-state index in [0.29, 0.717) is 11.4 Å². The van der Waals surface area contributed by atoms with Crippen molar-refractivity contribution in [3.05, 3.63) is 87.3 Å². The Labute approximate surface area is 174 Å². The van der Waals surface area contributed by atoms with Gasteiger partial charge in [-0.05, 0) is 67.8 Å². The fourth-order valence-electron chi connectivity index (χ4n) is 3.13. The SMILES string of the molecule is Cc1cc(C)cc(NC(=O)CCn2nc(C(=O)Nc3cccc(C)c3)ccc2=O)c1. The number of hydrogen-bond acceptors (Lipinski definition) is 4. The Morgan fingerprint density at radius 3 is 2.27 bits per heavy atom. The quantitative estimate of drug-likeness (QED) is 0.658. The maximum Gasteiger partial charge on any atom is 0.276 e. The summed E-state index contributed by atoms with van der Waals surface area (Å²) in [6, 6.07) is 15.8. The number of rotatable bonds is 6. The van der Waals surface area contributed by atoms with Gasteiger partial charge in [0.1, 0.15) is 5.69 Å². The standard InChI is InChI=1S/C23H24N4O3/c1-15-5-4-6-18(12-15)25-23(30)20-7-8-22(29)27(26-20)10-9-21(28)24-19-13-16(2)11-17(3)14-19/h4-8,11-14H,9-10H2,1-3H3,(H,24,28)(H,25,30). The smallest absolute Gasteiger partial charge is 0.276 e. The third-order valence-corrected chi connectivity index (χ3v) is 4.43. The van der Waals surface area contributed by atoms with Crippen LogP contribution >= 0.6 is 0 Å². The van der Waals surface area contributed by atoms with Crippen molar-refractivity contribution in [2.45, 2.75) is 33.7 Å². The normalized spacial score (nSPS) is 10.5. The van der Waals surface area contributed by atoms with Crippen molar-refractivity contribution in [3.63, 3.8) is 0 Å². The lowest BCUT2D eigenvalue weighted by molar-refractivity contribution is -0.116. The summed E-state index contributed by atoms with van der Waals surface area (Å²) in [4.78, 5) is 36.8. The molecule has 7 heteroatoms. The van der Waals surface area contributed by atoms with E-state index in [0.717, 1.165) is 21.4 Å². The zero-order valence-electron chi connectivity index (χ0n) is 17.2. The second kappa shape index (κ2) is 9.17. The van der Waals surface area contributed by atoms with Gasteiger partial charge in [0.05, 0.1) is 6.54 Å². The number of anilines is 2. The summed E-state index contributed by atoms with van der Waals surface area (Å²) < 4.78 is 1.13. The average molecular weight is 404 g/mol. The minimum Gasteiger partial charge on any atom is -0.326 e. The number of nitrogens with one attached hydrogen (secondary N) is 2. The Balaban J connectivity index is 1.65. The van der Waals surface area contributed by atoms with Crippen molar-refractivity contribution in [2.24, 2.45) is 0 Å². The van der Waals surface area contributed by atoms with E-state index in [1.807, 2.05) is 57.2 Å². The molecular formula is C23H24N4O3. The van der Waals surface area contributed by atoms with Gasteiger partial charge in [0, 0.05) is 23.9 Å². The van der Waals surface area contributed by atoms with Crippen LogP contribution in [0.25, 0.3) is 0 Å². The number of aromatic nitrogens is 2. The molecule has 30 heavy (non-hydrogen) atoms. The molecule has 0 aliphatic rings. The third-order valence-electron chi connectivity index (χ3n) is 4.43. The van der Waals surface area contributed by atoms with Gasteiger partial charge in [0.2, 0.25) is 5.91 Å². The summed E-state index contributed by atoms with van der Waals surface area (Å²) in [7, 11) is 0. The average Bonchev–Trinajstić information content (AvgIpc) is 2.66. The fourth-order valence-corrected chi connectivity index (χ4v) is 3.13. The molecular weight excluding hydrogens is 380 g/mol. The van der Waals surface area contributed by atoms with E-state index >= 15 is 0 Å². The molecule has 2 amide bonds. The van der Waals surface area contributed by atoms with Gasteiger partial charge in [0.15, 0.2) is 0 Å². The van der Waals surface area contributed by atoms with Gasteiger partial charge in [-0.15, -0.1) is 0 Å². The highest BCUT2D eigenvalue weighted by atomic mass is 16.2. The van der Waals surface area contributed by atoms with Crippen molar-refractivity contribution in [1.82, 2.24) is 9.78 Å². The molecule has 3 aromatic rings. The van der Waals surface area contributed by atoms with E-state index < -0.39 is 5.91 Å². The van der Waals surface area contributed by atoms with E-state index in [1.165, 1.54) is 12.1 Å². The molecule has 0 spiro atoms. The number of aryl methyl sites for hydroxylation is 4. The van der Waals surface area contributed by atoms with Gasteiger partial charge in [0.25, 0.3) is 11.5 Å². The first-order chi connectivity index (χ1) is 14.3. The summed E-state index contributed by atoms with van der Waals surface area (Å²) >= 11 is 0. The number of carbonyl (C=O) groups is 2. The molecule has 0 unspecified atom stereocenters. The van der Waals surface area contributed by atoms with E-state index in [-0.39, 0.29) is 30.1 Å². The van der Waals surface area contributed by atoms with Crippen molar-refractivity contribution in [2.75, 3.05) is 10.6 Å². The molecule has 1 heterocycles. The Morgan fingerprint density at radius 1 is 0.867 bits per heavy atom. The van der Waals surface area contributed by atoms with Crippen LogP contribution in [0.4, 0.5) is 11.4 Å². The van der Waals surface area contributed by atoms with Crippen LogP contribution in [-0.2, 0) is 11.3 Å². The van der Waals surface area contributed by atoms with Crippen LogP contribution in [0, 0.1) is 20.8 Å². The van der Waals surface area contributed by atoms with Crippen LogP contribution in [0.1, 0.15) is 33.6 Å². The lowest BCUT2D eigenvalue weighted by atomic mass is 10.1. The van der Waals surface area contributed by atoms with E-state index in [4.69, 9.17) is 0 Å². The molecule has 0 radical (unpaired) electrons. The van der Waals surface area contributed by atoms with Crippen molar-refractivity contribution >= 4 is 23.2 Å². The Bertz CT molecular complexity index is 1130. The first-order valence-corrected chi connectivity index (χ1v) is 9.64. The topological polar surface area (TPSA) is 93.1 Å². The molecule has 0 saturated heterocycles. The summed E-state index contributed by atoms with van der Waals surface area (Å²) in [6.45, 7) is 5.91. The summed E-state index contributed by atoms with van der Waals surface area (Å²) in [6.07, 6.45) is 0.0584. The van der Waals surface area contributed by atoms with Crippen LogP contribution in [-0.4, -0.2) is 21.6 Å². The van der Waals surface area contributed by atoms with Crippen LogP contribution in [0.5, 0.6) is 0 Å². The minimum atomic E-state index is -0.422. The van der Waals surface area contributed by atoms with Gasteiger partial charge in [-0.25, -0.2) is 4.68 Å². The second-order valence-corrected chi connectivity index (χ2v) is 7.28. The van der Waals surface area contributed by atoms with Gasteiger partial charge in [-0.3, -0.25) is 14.4 Å². The first kappa shape index (κ1) is 21.0. The Hall–Kier alpha value is -3.74.